The van der Waals surface area contributed by atoms with Crippen LogP contribution in [0.25, 0.3) is 0 Å². The Morgan fingerprint density at radius 3 is 2.59 bits per heavy atom. The minimum atomic E-state index is -0.340. The summed E-state index contributed by atoms with van der Waals surface area (Å²) in [5.41, 5.74) is 2.18. The van der Waals surface area contributed by atoms with E-state index < -0.39 is 0 Å². The van der Waals surface area contributed by atoms with Gasteiger partial charge in [0.25, 0.3) is 5.91 Å². The number of rotatable bonds is 11. The second-order valence-electron chi connectivity index (χ2n) is 10.5. The number of likely N-dealkylation sites (N-methyl/N-ethyl adjacent to an activating group) is 1. The van der Waals surface area contributed by atoms with E-state index in [0.29, 0.717) is 36.5 Å². The van der Waals surface area contributed by atoms with E-state index in [2.05, 4.69) is 36.3 Å². The smallest absolute Gasteiger partial charge is 0.258 e. The van der Waals surface area contributed by atoms with Crippen LogP contribution in [0.4, 0.5) is 5.69 Å². The van der Waals surface area contributed by atoms with Gasteiger partial charge in [0.2, 0.25) is 5.91 Å². The Morgan fingerprint density at radius 1 is 1.19 bits per heavy atom. The van der Waals surface area contributed by atoms with Crippen LogP contribution in [-0.4, -0.2) is 91.2 Å². The van der Waals surface area contributed by atoms with Crippen molar-refractivity contribution in [1.29, 1.82) is 0 Å². The first-order chi connectivity index (χ1) is 17.7. The van der Waals surface area contributed by atoms with E-state index in [0.717, 1.165) is 19.5 Å². The molecule has 3 atom stereocenters. The van der Waals surface area contributed by atoms with Crippen molar-refractivity contribution >= 4 is 17.5 Å². The highest BCUT2D eigenvalue weighted by Gasteiger charge is 2.33. The normalized spacial score (nSPS) is 18.7. The molecule has 3 rings (SSSR count). The third kappa shape index (κ3) is 8.28. The fourth-order valence-electron chi connectivity index (χ4n) is 4.56. The van der Waals surface area contributed by atoms with Crippen LogP contribution in [0.3, 0.4) is 0 Å². The lowest BCUT2D eigenvalue weighted by Crippen LogP contribution is -2.49. The zero-order valence-electron chi connectivity index (χ0n) is 22.8. The molecule has 0 unspecified atom stereocenters. The Morgan fingerprint density at radius 2 is 1.92 bits per heavy atom. The van der Waals surface area contributed by atoms with Crippen LogP contribution in [0, 0.1) is 5.92 Å². The molecule has 0 radical (unpaired) electrons. The maximum Gasteiger partial charge on any atom is 0.258 e. The maximum absolute atomic E-state index is 13.6. The van der Waals surface area contributed by atoms with Gasteiger partial charge in [0.1, 0.15) is 11.9 Å². The molecular weight excluding hydrogens is 468 g/mol. The Kier molecular flexibility index (Phi) is 10.5. The van der Waals surface area contributed by atoms with Gasteiger partial charge in [-0.15, -0.1) is 0 Å². The van der Waals surface area contributed by atoms with Gasteiger partial charge in [0.05, 0.1) is 18.2 Å². The first-order valence-electron chi connectivity index (χ1n) is 13.1. The third-order valence-electron chi connectivity index (χ3n) is 6.74. The highest BCUT2D eigenvalue weighted by Crippen LogP contribution is 2.31. The van der Waals surface area contributed by atoms with E-state index in [1.54, 1.807) is 23.1 Å². The molecule has 1 aliphatic heterocycles. The number of carbonyl (C=O) groups is 2. The highest BCUT2D eigenvalue weighted by molar-refractivity contribution is 5.99. The number of anilines is 1. The van der Waals surface area contributed by atoms with Gasteiger partial charge in [-0.25, -0.2) is 0 Å². The molecule has 0 bridgehead atoms. The van der Waals surface area contributed by atoms with Crippen molar-refractivity contribution in [2.24, 2.45) is 5.92 Å². The summed E-state index contributed by atoms with van der Waals surface area (Å²) in [6, 6.07) is 15.2. The van der Waals surface area contributed by atoms with Gasteiger partial charge in [0, 0.05) is 37.7 Å². The lowest BCUT2D eigenvalue weighted by molar-refractivity contribution is -0.116. The van der Waals surface area contributed by atoms with E-state index >= 15 is 0 Å². The molecule has 202 valence electrons. The topological polar surface area (TPSA) is 85.3 Å². The zero-order chi connectivity index (χ0) is 26.9. The number of nitrogens with zero attached hydrogens (tertiary/aromatic N) is 3. The largest absolute Gasteiger partial charge is 0.488 e. The summed E-state index contributed by atoms with van der Waals surface area (Å²) in [7, 11) is 6.02. The van der Waals surface area contributed by atoms with Crippen molar-refractivity contribution in [3.63, 3.8) is 0 Å². The van der Waals surface area contributed by atoms with Crippen LogP contribution >= 0.6 is 0 Å². The molecular formula is C29H42N4O4. The number of carbonyl (C=O) groups excluding carboxylic acids is 2. The summed E-state index contributed by atoms with van der Waals surface area (Å²) in [6.07, 6.45) is 0.991. The summed E-state index contributed by atoms with van der Waals surface area (Å²) in [5.74, 6) is 0.245. The number of hydrogen-bond donors (Lipinski definition) is 2. The monoisotopic (exact) mass is 510 g/mol. The van der Waals surface area contributed by atoms with E-state index in [1.165, 1.54) is 5.56 Å². The zero-order valence-corrected chi connectivity index (χ0v) is 22.8. The molecule has 0 spiro atoms. The van der Waals surface area contributed by atoms with Gasteiger partial charge < -0.3 is 25.0 Å². The minimum Gasteiger partial charge on any atom is -0.488 e. The summed E-state index contributed by atoms with van der Waals surface area (Å²) in [4.78, 5) is 32.0. The first-order valence-corrected chi connectivity index (χ1v) is 13.1. The molecule has 0 aromatic heterocycles. The molecule has 0 aliphatic carbocycles. The number of nitrogens with one attached hydrogen (secondary N) is 1. The second-order valence-corrected chi connectivity index (χ2v) is 10.5. The van der Waals surface area contributed by atoms with Gasteiger partial charge in [-0.3, -0.25) is 14.5 Å². The number of benzene rings is 2. The summed E-state index contributed by atoms with van der Waals surface area (Å²) in [5, 5.41) is 12.8. The molecule has 2 N–H and O–H groups in total. The van der Waals surface area contributed by atoms with Gasteiger partial charge in [-0.2, -0.15) is 0 Å². The lowest BCUT2D eigenvalue weighted by atomic mass is 9.99. The third-order valence-corrected chi connectivity index (χ3v) is 6.74. The van der Waals surface area contributed by atoms with Crippen molar-refractivity contribution in [1.82, 2.24) is 14.7 Å². The quantitative estimate of drug-likeness (QED) is 0.483. The predicted octanol–water partition coefficient (Wildman–Crippen LogP) is 3.32. The SMILES string of the molecule is C[C@@H]1CN([C@H](C)CO)C(=O)c2cc(NC(=O)CCCN(C)C)ccc2O[C@@H]1CN(C)Cc1ccccc1. The molecule has 0 saturated heterocycles. The van der Waals surface area contributed by atoms with Gasteiger partial charge in [-0.1, -0.05) is 37.3 Å². The molecule has 2 aromatic rings. The number of amides is 2. The first kappa shape index (κ1) is 28.6. The molecule has 2 aromatic carbocycles. The number of ether oxygens (including phenoxy) is 1. The van der Waals surface area contributed by atoms with Crippen LogP contribution in [0.15, 0.2) is 48.5 Å². The fraction of sp³-hybridized carbons (Fsp3) is 0.517. The van der Waals surface area contributed by atoms with E-state index in [9.17, 15) is 14.7 Å². The molecule has 1 heterocycles. The van der Waals surface area contributed by atoms with Crippen LogP contribution < -0.4 is 10.1 Å². The summed E-state index contributed by atoms with van der Waals surface area (Å²) >= 11 is 0. The predicted molar refractivity (Wildman–Crippen MR) is 147 cm³/mol. The lowest BCUT2D eigenvalue weighted by Gasteiger charge is -2.38. The number of hydrogen-bond acceptors (Lipinski definition) is 6. The summed E-state index contributed by atoms with van der Waals surface area (Å²) in [6.45, 7) is 6.55. The van der Waals surface area contributed by atoms with E-state index in [-0.39, 0.29) is 36.5 Å². The number of aliphatic hydroxyl groups excluding tert-OH is 1. The Hall–Kier alpha value is -2.94. The molecule has 8 heteroatoms. The van der Waals surface area contributed by atoms with Crippen molar-refractivity contribution in [2.75, 3.05) is 52.7 Å². The molecule has 37 heavy (non-hydrogen) atoms. The average molecular weight is 511 g/mol. The maximum atomic E-state index is 13.6. The summed E-state index contributed by atoms with van der Waals surface area (Å²) < 4.78 is 6.47. The van der Waals surface area contributed by atoms with Crippen molar-refractivity contribution in [2.45, 2.75) is 45.4 Å². The van der Waals surface area contributed by atoms with E-state index in [4.69, 9.17) is 4.74 Å². The number of fused-ring (bicyclic) bond motifs is 1. The molecule has 2 amide bonds. The molecule has 0 fully saturated rings. The standard InChI is InChI=1S/C29H42N4O4/c1-21-17-33(22(2)20-34)29(36)25-16-24(30-28(35)12-9-15-31(3)4)13-14-26(25)37-27(21)19-32(5)18-23-10-7-6-8-11-23/h6-8,10-11,13-14,16,21-22,27,34H,9,12,15,17-20H2,1-5H3,(H,30,35)/t21-,22-,27-/m1/s1. The van der Waals surface area contributed by atoms with Crippen molar-refractivity contribution in [3.05, 3.63) is 59.7 Å². The van der Waals surface area contributed by atoms with Crippen LogP contribution in [0.5, 0.6) is 5.75 Å². The van der Waals surface area contributed by atoms with Crippen molar-refractivity contribution in [3.8, 4) is 5.75 Å². The fourth-order valence-corrected chi connectivity index (χ4v) is 4.56. The average Bonchev–Trinajstić information content (AvgIpc) is 2.86. The Balaban J connectivity index is 1.82. The van der Waals surface area contributed by atoms with Crippen LogP contribution in [0.1, 0.15) is 42.6 Å². The van der Waals surface area contributed by atoms with Crippen LogP contribution in [-0.2, 0) is 11.3 Å². The molecule has 0 saturated carbocycles. The van der Waals surface area contributed by atoms with Crippen molar-refractivity contribution < 1.29 is 19.4 Å². The highest BCUT2D eigenvalue weighted by atomic mass is 16.5. The van der Waals surface area contributed by atoms with Gasteiger partial charge >= 0.3 is 0 Å². The Labute approximate surface area is 221 Å². The van der Waals surface area contributed by atoms with Gasteiger partial charge in [-0.05, 0) is 64.8 Å². The second kappa shape index (κ2) is 13.6. The van der Waals surface area contributed by atoms with Gasteiger partial charge in [0.15, 0.2) is 0 Å². The molecule has 1 aliphatic rings. The Bertz CT molecular complexity index is 1030. The molecule has 8 nitrogen and oxygen atoms in total. The van der Waals surface area contributed by atoms with E-state index in [1.807, 2.05) is 44.1 Å². The number of aliphatic hydroxyl groups is 1. The van der Waals surface area contributed by atoms with Crippen LogP contribution in [0.2, 0.25) is 0 Å². The minimum absolute atomic E-state index is 0.0420.